The third-order valence-corrected chi connectivity index (χ3v) is 2.79. The van der Waals surface area contributed by atoms with E-state index in [-0.39, 0.29) is 18.9 Å². The van der Waals surface area contributed by atoms with Crippen molar-refractivity contribution >= 4 is 12.1 Å². The van der Waals surface area contributed by atoms with Gasteiger partial charge in [-0.15, -0.1) is 0 Å². The van der Waals surface area contributed by atoms with Gasteiger partial charge in [0.05, 0.1) is 12.0 Å². The van der Waals surface area contributed by atoms with Crippen molar-refractivity contribution in [2.24, 2.45) is 5.92 Å². The standard InChI is InChI=1S/C15H24N2O4/c1-14(2,3)20-12(18)11-7-10(8-16)9-17(11)13(19)21-15(4,5)6/h10-11H,7,9H2,1-6H3/t10-,11-/m1/s1. The Morgan fingerprint density at radius 3 is 2.05 bits per heavy atom. The number of carbonyl (C=O) groups is 2. The van der Waals surface area contributed by atoms with Crippen LogP contribution >= 0.6 is 0 Å². The lowest BCUT2D eigenvalue weighted by atomic mass is 10.1. The van der Waals surface area contributed by atoms with Gasteiger partial charge in [-0.1, -0.05) is 0 Å². The van der Waals surface area contributed by atoms with Gasteiger partial charge in [0.1, 0.15) is 17.2 Å². The lowest BCUT2D eigenvalue weighted by Gasteiger charge is -2.29. The Balaban J connectivity index is 2.86. The molecule has 0 aromatic carbocycles. The molecule has 1 amide bonds. The predicted octanol–water partition coefficient (Wildman–Crippen LogP) is 2.48. The summed E-state index contributed by atoms with van der Waals surface area (Å²) < 4.78 is 10.6. The van der Waals surface area contributed by atoms with Crippen LogP contribution in [-0.2, 0) is 14.3 Å². The molecule has 1 heterocycles. The number of carbonyl (C=O) groups excluding carboxylic acids is 2. The zero-order valence-corrected chi connectivity index (χ0v) is 13.6. The summed E-state index contributed by atoms with van der Waals surface area (Å²) in [5, 5.41) is 9.05. The first kappa shape index (κ1) is 17.3. The normalized spacial score (nSPS) is 22.6. The number of likely N-dealkylation sites (tertiary alicyclic amines) is 1. The van der Waals surface area contributed by atoms with Crippen molar-refractivity contribution < 1.29 is 19.1 Å². The third-order valence-electron chi connectivity index (χ3n) is 2.79. The smallest absolute Gasteiger partial charge is 0.411 e. The fraction of sp³-hybridized carbons (Fsp3) is 0.800. The monoisotopic (exact) mass is 296 g/mol. The van der Waals surface area contributed by atoms with Gasteiger partial charge in [0.2, 0.25) is 0 Å². The van der Waals surface area contributed by atoms with Gasteiger partial charge >= 0.3 is 12.1 Å². The number of hydrogen-bond donors (Lipinski definition) is 0. The fourth-order valence-electron chi connectivity index (χ4n) is 2.05. The molecule has 1 rings (SSSR count). The highest BCUT2D eigenvalue weighted by atomic mass is 16.6. The maximum Gasteiger partial charge on any atom is 0.411 e. The van der Waals surface area contributed by atoms with Crippen molar-refractivity contribution in [1.82, 2.24) is 4.90 Å². The summed E-state index contributed by atoms with van der Waals surface area (Å²) in [6.07, 6.45) is -0.305. The van der Waals surface area contributed by atoms with Crippen molar-refractivity contribution in [3.63, 3.8) is 0 Å². The van der Waals surface area contributed by atoms with E-state index in [4.69, 9.17) is 14.7 Å². The Morgan fingerprint density at radius 2 is 1.62 bits per heavy atom. The Labute approximate surface area is 126 Å². The molecule has 0 aliphatic carbocycles. The summed E-state index contributed by atoms with van der Waals surface area (Å²) in [4.78, 5) is 25.7. The summed E-state index contributed by atoms with van der Waals surface area (Å²) in [5.41, 5.74) is -1.29. The maximum atomic E-state index is 12.2. The highest BCUT2D eigenvalue weighted by molar-refractivity contribution is 5.82. The van der Waals surface area contributed by atoms with E-state index in [9.17, 15) is 9.59 Å². The van der Waals surface area contributed by atoms with Gasteiger partial charge in [-0.2, -0.15) is 5.26 Å². The van der Waals surface area contributed by atoms with Crippen LogP contribution in [0.1, 0.15) is 48.0 Å². The minimum absolute atomic E-state index is 0.190. The van der Waals surface area contributed by atoms with E-state index >= 15 is 0 Å². The molecule has 1 aliphatic heterocycles. The van der Waals surface area contributed by atoms with Crippen molar-refractivity contribution in [3.8, 4) is 6.07 Å². The molecule has 6 heteroatoms. The van der Waals surface area contributed by atoms with Gasteiger partial charge in [-0.3, -0.25) is 4.90 Å². The van der Waals surface area contributed by atoms with Crippen molar-refractivity contribution in [3.05, 3.63) is 0 Å². The average Bonchev–Trinajstić information content (AvgIpc) is 2.68. The summed E-state index contributed by atoms with van der Waals surface area (Å²) in [7, 11) is 0. The Morgan fingerprint density at radius 1 is 1.10 bits per heavy atom. The maximum absolute atomic E-state index is 12.2. The van der Waals surface area contributed by atoms with E-state index in [2.05, 4.69) is 6.07 Å². The number of nitriles is 1. The first-order chi connectivity index (χ1) is 9.43. The van der Waals surface area contributed by atoms with Gasteiger partial charge in [-0.25, -0.2) is 9.59 Å². The second kappa shape index (κ2) is 5.92. The molecule has 0 spiro atoms. The van der Waals surface area contributed by atoms with Crippen LogP contribution in [0, 0.1) is 17.2 Å². The molecule has 1 saturated heterocycles. The van der Waals surface area contributed by atoms with Gasteiger partial charge in [0.25, 0.3) is 0 Å². The molecule has 118 valence electrons. The fourth-order valence-corrected chi connectivity index (χ4v) is 2.05. The second-order valence-electron chi connectivity index (χ2n) is 7.24. The molecule has 1 fully saturated rings. The number of hydrogen-bond acceptors (Lipinski definition) is 5. The number of amides is 1. The van der Waals surface area contributed by atoms with E-state index in [1.807, 2.05) is 0 Å². The summed E-state index contributed by atoms with van der Waals surface area (Å²) >= 11 is 0. The molecule has 0 saturated carbocycles. The summed E-state index contributed by atoms with van der Waals surface area (Å²) in [5.74, 6) is -0.874. The number of nitrogens with zero attached hydrogens (tertiary/aromatic N) is 2. The average molecular weight is 296 g/mol. The lowest BCUT2D eigenvalue weighted by molar-refractivity contribution is -0.160. The van der Waals surface area contributed by atoms with Gasteiger partial charge < -0.3 is 9.47 Å². The molecule has 1 aliphatic rings. The molecule has 0 aromatic heterocycles. The molecule has 0 N–H and O–H groups in total. The highest BCUT2D eigenvalue weighted by Crippen LogP contribution is 2.27. The van der Waals surface area contributed by atoms with Gasteiger partial charge in [-0.05, 0) is 48.0 Å². The molecule has 6 nitrogen and oxygen atoms in total. The molecule has 0 unspecified atom stereocenters. The van der Waals surface area contributed by atoms with Crippen LogP contribution in [0.5, 0.6) is 0 Å². The first-order valence-corrected chi connectivity index (χ1v) is 7.05. The number of esters is 1. The van der Waals surface area contributed by atoms with E-state index in [0.717, 1.165) is 0 Å². The van der Waals surface area contributed by atoms with Gasteiger partial charge in [0, 0.05) is 6.54 Å². The summed E-state index contributed by atoms with van der Waals surface area (Å²) in [6.45, 7) is 10.7. The quantitative estimate of drug-likeness (QED) is 0.694. The third kappa shape index (κ3) is 5.25. The van der Waals surface area contributed by atoms with E-state index < -0.39 is 29.3 Å². The van der Waals surface area contributed by atoms with Crippen LogP contribution in [0.3, 0.4) is 0 Å². The first-order valence-electron chi connectivity index (χ1n) is 7.05. The molecule has 2 atom stereocenters. The number of rotatable bonds is 1. The van der Waals surface area contributed by atoms with Crippen LogP contribution in [0.2, 0.25) is 0 Å². The van der Waals surface area contributed by atoms with Crippen LogP contribution in [-0.4, -0.2) is 40.8 Å². The Hall–Kier alpha value is -1.77. The topological polar surface area (TPSA) is 79.6 Å². The van der Waals surface area contributed by atoms with Crippen molar-refractivity contribution in [2.45, 2.75) is 65.2 Å². The van der Waals surface area contributed by atoms with Gasteiger partial charge in [0.15, 0.2) is 0 Å². The van der Waals surface area contributed by atoms with E-state index in [1.54, 1.807) is 41.5 Å². The molecule has 0 radical (unpaired) electrons. The lowest BCUT2D eigenvalue weighted by Crippen LogP contribution is -2.45. The second-order valence-corrected chi connectivity index (χ2v) is 7.24. The molecule has 0 aromatic rings. The highest BCUT2D eigenvalue weighted by Gasteiger charge is 2.43. The van der Waals surface area contributed by atoms with E-state index in [1.165, 1.54) is 4.90 Å². The Bertz CT molecular complexity index is 418. The minimum atomic E-state index is -0.760. The zero-order valence-electron chi connectivity index (χ0n) is 13.6. The van der Waals surface area contributed by atoms with Crippen molar-refractivity contribution in [1.29, 1.82) is 5.26 Å². The van der Waals surface area contributed by atoms with Crippen molar-refractivity contribution in [2.75, 3.05) is 6.54 Å². The van der Waals surface area contributed by atoms with Crippen LogP contribution in [0.4, 0.5) is 4.79 Å². The molecular formula is C15H24N2O4. The van der Waals surface area contributed by atoms with Crippen LogP contribution in [0.25, 0.3) is 0 Å². The van der Waals surface area contributed by atoms with E-state index in [0.29, 0.717) is 0 Å². The molecule has 21 heavy (non-hydrogen) atoms. The predicted molar refractivity (Wildman–Crippen MR) is 76.3 cm³/mol. The zero-order chi connectivity index (χ0) is 16.4. The molecular weight excluding hydrogens is 272 g/mol. The van der Waals surface area contributed by atoms with Crippen LogP contribution in [0.15, 0.2) is 0 Å². The minimum Gasteiger partial charge on any atom is -0.458 e. The SMILES string of the molecule is CC(C)(C)OC(=O)[C@H]1C[C@H](C#N)CN1C(=O)OC(C)(C)C. The molecule has 0 bridgehead atoms. The number of ether oxygens (including phenoxy) is 2. The Kier molecular flexibility index (Phi) is 4.87. The summed E-state index contributed by atoms with van der Waals surface area (Å²) in [6, 6.07) is 1.34. The largest absolute Gasteiger partial charge is 0.458 e. The van der Waals surface area contributed by atoms with Crippen LogP contribution < -0.4 is 0 Å².